The van der Waals surface area contributed by atoms with E-state index in [-0.39, 0.29) is 23.1 Å². The molecule has 0 aliphatic rings. The molecule has 7 heteroatoms. The molecule has 0 spiro atoms. The van der Waals surface area contributed by atoms with Crippen LogP contribution in [-0.4, -0.2) is 16.6 Å². The van der Waals surface area contributed by atoms with Crippen molar-refractivity contribution in [2.24, 2.45) is 0 Å². The maximum Gasteiger partial charge on any atom is 0.235 e. The van der Waals surface area contributed by atoms with Crippen LogP contribution in [0.15, 0.2) is 46.9 Å². The standard InChI is InChI=1S/C16H10FN3O2S/c17-12-4-2-1-3-11(12)16-20-13-6-5-10(7-14(13)22-16)19-15(21)8-23-9-18/h1-7H,8H2,(H,19,21). The number of oxazole rings is 1. The molecule has 0 aliphatic carbocycles. The molecule has 0 aliphatic heterocycles. The van der Waals surface area contributed by atoms with Crippen molar-refractivity contribution in [3.8, 4) is 16.9 Å². The van der Waals surface area contributed by atoms with Gasteiger partial charge in [0.25, 0.3) is 0 Å². The summed E-state index contributed by atoms with van der Waals surface area (Å²) in [6.45, 7) is 0. The third kappa shape index (κ3) is 3.33. The summed E-state index contributed by atoms with van der Waals surface area (Å²) < 4.78 is 19.4. The van der Waals surface area contributed by atoms with Crippen molar-refractivity contribution in [3.05, 3.63) is 48.3 Å². The molecule has 1 aromatic heterocycles. The molecule has 0 atom stereocenters. The number of thiocyanates is 1. The number of thioether (sulfide) groups is 1. The highest BCUT2D eigenvalue weighted by Gasteiger charge is 2.13. The van der Waals surface area contributed by atoms with Crippen molar-refractivity contribution in [3.63, 3.8) is 0 Å². The molecule has 2 aromatic carbocycles. The fourth-order valence-corrected chi connectivity index (χ4v) is 2.31. The second-order valence-electron chi connectivity index (χ2n) is 4.61. The first-order valence-corrected chi connectivity index (χ1v) is 7.62. The minimum atomic E-state index is -0.416. The van der Waals surface area contributed by atoms with E-state index in [0.717, 1.165) is 11.8 Å². The van der Waals surface area contributed by atoms with Crippen molar-refractivity contribution in [2.75, 3.05) is 11.1 Å². The zero-order valence-electron chi connectivity index (χ0n) is 11.7. The first kappa shape index (κ1) is 15.1. The number of hydrogen-bond acceptors (Lipinski definition) is 5. The Morgan fingerprint density at radius 2 is 2.17 bits per heavy atom. The first-order valence-electron chi connectivity index (χ1n) is 6.63. The minimum Gasteiger partial charge on any atom is -0.436 e. The Kier molecular flexibility index (Phi) is 4.26. The molecule has 23 heavy (non-hydrogen) atoms. The molecule has 0 unspecified atom stereocenters. The van der Waals surface area contributed by atoms with Gasteiger partial charge in [0.2, 0.25) is 11.8 Å². The summed E-state index contributed by atoms with van der Waals surface area (Å²) in [6, 6.07) is 11.2. The number of rotatable bonds is 4. The smallest absolute Gasteiger partial charge is 0.235 e. The summed E-state index contributed by atoms with van der Waals surface area (Å²) in [5.41, 5.74) is 1.80. The van der Waals surface area contributed by atoms with E-state index in [1.165, 1.54) is 6.07 Å². The Morgan fingerprint density at radius 3 is 2.96 bits per heavy atom. The average Bonchev–Trinajstić information content (AvgIpc) is 2.96. The van der Waals surface area contributed by atoms with Crippen molar-refractivity contribution >= 4 is 34.5 Å². The largest absolute Gasteiger partial charge is 0.436 e. The lowest BCUT2D eigenvalue weighted by molar-refractivity contribution is -0.113. The monoisotopic (exact) mass is 327 g/mol. The van der Waals surface area contributed by atoms with Gasteiger partial charge in [0.1, 0.15) is 16.7 Å². The van der Waals surface area contributed by atoms with Crippen LogP contribution in [-0.2, 0) is 4.79 Å². The van der Waals surface area contributed by atoms with Crippen LogP contribution in [0.4, 0.5) is 10.1 Å². The van der Waals surface area contributed by atoms with E-state index < -0.39 is 5.82 Å². The van der Waals surface area contributed by atoms with E-state index in [1.807, 2.05) is 5.40 Å². The third-order valence-electron chi connectivity index (χ3n) is 3.04. The highest BCUT2D eigenvalue weighted by Crippen LogP contribution is 2.27. The number of carbonyl (C=O) groups excluding carboxylic acids is 1. The van der Waals surface area contributed by atoms with Gasteiger partial charge in [-0.05, 0) is 36.0 Å². The molecule has 0 saturated carbocycles. The van der Waals surface area contributed by atoms with Gasteiger partial charge in [-0.3, -0.25) is 4.79 Å². The summed E-state index contributed by atoms with van der Waals surface area (Å²) in [7, 11) is 0. The zero-order chi connectivity index (χ0) is 16.2. The lowest BCUT2D eigenvalue weighted by Gasteiger charge is -2.02. The molecule has 0 fully saturated rings. The number of anilines is 1. The van der Waals surface area contributed by atoms with Crippen LogP contribution in [0.1, 0.15) is 0 Å². The van der Waals surface area contributed by atoms with Crippen LogP contribution in [0.25, 0.3) is 22.6 Å². The van der Waals surface area contributed by atoms with Crippen molar-refractivity contribution in [2.45, 2.75) is 0 Å². The fourth-order valence-electron chi connectivity index (χ4n) is 2.05. The topological polar surface area (TPSA) is 78.9 Å². The van der Waals surface area contributed by atoms with Crippen LogP contribution < -0.4 is 5.32 Å². The number of nitrogens with zero attached hydrogens (tertiary/aromatic N) is 2. The van der Waals surface area contributed by atoms with E-state index in [2.05, 4.69) is 10.3 Å². The van der Waals surface area contributed by atoms with Gasteiger partial charge >= 0.3 is 0 Å². The van der Waals surface area contributed by atoms with Crippen LogP contribution in [0.3, 0.4) is 0 Å². The van der Waals surface area contributed by atoms with E-state index >= 15 is 0 Å². The number of nitriles is 1. The van der Waals surface area contributed by atoms with Gasteiger partial charge in [-0.15, -0.1) is 0 Å². The molecular formula is C16H10FN3O2S. The number of carbonyl (C=O) groups is 1. The molecule has 3 rings (SSSR count). The Labute approximate surface area is 135 Å². The van der Waals surface area contributed by atoms with E-state index in [4.69, 9.17) is 9.68 Å². The number of amides is 1. The quantitative estimate of drug-likeness (QED) is 0.738. The van der Waals surface area contributed by atoms with Crippen molar-refractivity contribution < 1.29 is 13.6 Å². The van der Waals surface area contributed by atoms with Crippen LogP contribution >= 0.6 is 11.8 Å². The Bertz CT molecular complexity index is 917. The van der Waals surface area contributed by atoms with Crippen molar-refractivity contribution in [1.82, 2.24) is 4.98 Å². The normalized spacial score (nSPS) is 10.4. The summed E-state index contributed by atoms with van der Waals surface area (Å²) >= 11 is 0.858. The second-order valence-corrected chi connectivity index (χ2v) is 5.37. The Balaban J connectivity index is 1.88. The number of hydrogen-bond donors (Lipinski definition) is 1. The van der Waals surface area contributed by atoms with E-state index in [1.54, 1.807) is 36.4 Å². The predicted octanol–water partition coefficient (Wildman–Crippen LogP) is 3.79. The van der Waals surface area contributed by atoms with Gasteiger partial charge < -0.3 is 9.73 Å². The summed E-state index contributed by atoms with van der Waals surface area (Å²) in [4.78, 5) is 15.8. The molecule has 1 amide bonds. The first-order chi connectivity index (χ1) is 11.2. The Hall–Kier alpha value is -2.85. The van der Waals surface area contributed by atoms with E-state index in [9.17, 15) is 9.18 Å². The van der Waals surface area contributed by atoms with Gasteiger partial charge in [-0.25, -0.2) is 9.37 Å². The SMILES string of the molecule is N#CSCC(=O)Nc1ccc2nc(-c3ccccc3F)oc2c1. The van der Waals surface area contributed by atoms with Gasteiger partial charge in [0.15, 0.2) is 5.58 Å². The molecule has 0 radical (unpaired) electrons. The highest BCUT2D eigenvalue weighted by molar-refractivity contribution is 8.04. The number of benzene rings is 2. The third-order valence-corrected chi connectivity index (χ3v) is 3.58. The molecule has 1 N–H and O–H groups in total. The minimum absolute atomic E-state index is 0.0470. The van der Waals surface area contributed by atoms with Crippen LogP contribution in [0.2, 0.25) is 0 Å². The van der Waals surface area contributed by atoms with Crippen LogP contribution in [0.5, 0.6) is 0 Å². The van der Waals surface area contributed by atoms with Gasteiger partial charge in [-0.2, -0.15) is 5.26 Å². The summed E-state index contributed by atoms with van der Waals surface area (Å²) in [6.07, 6.45) is 0. The van der Waals surface area contributed by atoms with Gasteiger partial charge in [0.05, 0.1) is 11.3 Å². The molecule has 5 nitrogen and oxygen atoms in total. The van der Waals surface area contributed by atoms with E-state index in [0.29, 0.717) is 16.8 Å². The summed E-state index contributed by atoms with van der Waals surface area (Å²) in [5.74, 6) is -0.474. The molecule has 1 heterocycles. The van der Waals surface area contributed by atoms with Crippen molar-refractivity contribution in [1.29, 1.82) is 5.26 Å². The molecular weight excluding hydrogens is 317 g/mol. The number of nitrogens with one attached hydrogen (secondary N) is 1. The van der Waals surface area contributed by atoms with Gasteiger partial charge in [-0.1, -0.05) is 12.1 Å². The summed E-state index contributed by atoms with van der Waals surface area (Å²) in [5, 5.41) is 12.9. The molecule has 0 bridgehead atoms. The Morgan fingerprint density at radius 1 is 1.35 bits per heavy atom. The fraction of sp³-hybridized carbons (Fsp3) is 0.0625. The van der Waals surface area contributed by atoms with Gasteiger partial charge in [0, 0.05) is 11.8 Å². The number of fused-ring (bicyclic) bond motifs is 1. The highest BCUT2D eigenvalue weighted by atomic mass is 32.2. The maximum absolute atomic E-state index is 13.8. The maximum atomic E-state index is 13.8. The lowest BCUT2D eigenvalue weighted by atomic mass is 10.2. The molecule has 114 valence electrons. The molecule has 0 saturated heterocycles. The zero-order valence-corrected chi connectivity index (χ0v) is 12.6. The molecule has 3 aromatic rings. The average molecular weight is 327 g/mol. The van der Waals surface area contributed by atoms with Crippen LogP contribution in [0, 0.1) is 16.5 Å². The lowest BCUT2D eigenvalue weighted by Crippen LogP contribution is -2.13. The number of halogens is 1. The second kappa shape index (κ2) is 6.50. The number of aromatic nitrogens is 1. The predicted molar refractivity (Wildman–Crippen MR) is 86.1 cm³/mol.